The Morgan fingerprint density at radius 2 is 1.96 bits per heavy atom. The van der Waals surface area contributed by atoms with E-state index in [0.29, 0.717) is 31.0 Å². The lowest BCUT2D eigenvalue weighted by Gasteiger charge is -2.31. The van der Waals surface area contributed by atoms with Gasteiger partial charge in [-0.1, -0.05) is 41.4 Å². The van der Waals surface area contributed by atoms with Crippen LogP contribution in [0, 0.1) is 12.8 Å². The molecule has 1 fully saturated rings. The van der Waals surface area contributed by atoms with Gasteiger partial charge in [-0.25, -0.2) is 8.42 Å². The third-order valence-electron chi connectivity index (χ3n) is 5.00. The normalized spacial score (nSPS) is 18.0. The summed E-state index contributed by atoms with van der Waals surface area (Å²) in [5.74, 6) is -0.406. The van der Waals surface area contributed by atoms with E-state index in [4.69, 9.17) is 11.6 Å². The van der Waals surface area contributed by atoms with Gasteiger partial charge in [0.25, 0.3) is 0 Å². The molecule has 0 spiro atoms. The third kappa shape index (κ3) is 5.13. The zero-order valence-corrected chi connectivity index (χ0v) is 17.5. The number of halogens is 1. The number of hydrogen-bond donors (Lipinski definition) is 1. The van der Waals surface area contributed by atoms with Crippen molar-refractivity contribution in [2.45, 2.75) is 31.1 Å². The van der Waals surface area contributed by atoms with Crippen LogP contribution < -0.4 is 5.32 Å². The van der Waals surface area contributed by atoms with Crippen LogP contribution in [0.25, 0.3) is 0 Å². The highest BCUT2D eigenvalue weighted by Gasteiger charge is 2.33. The molecule has 0 bridgehead atoms. The lowest BCUT2D eigenvalue weighted by atomic mass is 9.98. The molecule has 1 amide bonds. The van der Waals surface area contributed by atoms with Gasteiger partial charge in [0, 0.05) is 24.7 Å². The topological polar surface area (TPSA) is 66.5 Å². The second kappa shape index (κ2) is 9.07. The van der Waals surface area contributed by atoms with Crippen LogP contribution in [0.15, 0.2) is 53.4 Å². The maximum atomic E-state index is 12.8. The van der Waals surface area contributed by atoms with Crippen LogP contribution in [0.5, 0.6) is 0 Å². The van der Waals surface area contributed by atoms with Crippen molar-refractivity contribution in [3.63, 3.8) is 0 Å². The highest BCUT2D eigenvalue weighted by atomic mass is 35.5. The van der Waals surface area contributed by atoms with Crippen LogP contribution in [0.1, 0.15) is 24.0 Å². The molecule has 2 aromatic carbocycles. The maximum absolute atomic E-state index is 12.8. The molecule has 1 heterocycles. The molecule has 5 nitrogen and oxygen atoms in total. The number of nitrogens with one attached hydrogen (secondary N) is 1. The van der Waals surface area contributed by atoms with Gasteiger partial charge in [0.1, 0.15) is 0 Å². The van der Waals surface area contributed by atoms with Crippen LogP contribution in [0.2, 0.25) is 5.02 Å². The quantitative estimate of drug-likeness (QED) is 0.778. The van der Waals surface area contributed by atoms with Gasteiger partial charge in [0.15, 0.2) is 0 Å². The number of carbonyl (C=O) groups is 1. The van der Waals surface area contributed by atoms with Crippen LogP contribution in [-0.4, -0.2) is 38.3 Å². The number of nitrogens with zero attached hydrogens (tertiary/aromatic N) is 1. The van der Waals surface area contributed by atoms with E-state index < -0.39 is 10.0 Å². The zero-order valence-electron chi connectivity index (χ0n) is 15.9. The summed E-state index contributed by atoms with van der Waals surface area (Å²) in [7, 11) is -3.62. The Bertz CT molecular complexity index is 929. The largest absolute Gasteiger partial charge is 0.355 e. The summed E-state index contributed by atoms with van der Waals surface area (Å²) < 4.78 is 27.1. The molecular weight excluding hydrogens is 396 g/mol. The molecule has 1 atom stereocenters. The molecule has 0 radical (unpaired) electrons. The second-order valence-electron chi connectivity index (χ2n) is 7.19. The number of piperidine rings is 1. The summed E-state index contributed by atoms with van der Waals surface area (Å²) in [4.78, 5) is 12.8. The van der Waals surface area contributed by atoms with Crippen molar-refractivity contribution in [1.82, 2.24) is 9.62 Å². The number of amides is 1. The Hall–Kier alpha value is -1.89. The SMILES string of the molecule is Cc1cccc(CCNC(=O)[C@@H]2CCCN(S(=O)(=O)c3ccc(Cl)cc3)C2)c1. The van der Waals surface area contributed by atoms with E-state index in [0.717, 1.165) is 6.42 Å². The number of benzene rings is 2. The van der Waals surface area contributed by atoms with Crippen molar-refractivity contribution in [2.24, 2.45) is 5.92 Å². The summed E-state index contributed by atoms with van der Waals surface area (Å²) in [5.41, 5.74) is 2.37. The van der Waals surface area contributed by atoms with Gasteiger partial charge in [0.2, 0.25) is 15.9 Å². The first kappa shape index (κ1) is 20.8. The summed E-state index contributed by atoms with van der Waals surface area (Å²) in [6.07, 6.45) is 2.12. The highest BCUT2D eigenvalue weighted by Crippen LogP contribution is 2.24. The minimum Gasteiger partial charge on any atom is -0.355 e. The average Bonchev–Trinajstić information content (AvgIpc) is 2.68. The van der Waals surface area contributed by atoms with Crippen molar-refractivity contribution in [3.05, 3.63) is 64.7 Å². The number of sulfonamides is 1. The van der Waals surface area contributed by atoms with E-state index in [-0.39, 0.29) is 23.3 Å². The highest BCUT2D eigenvalue weighted by molar-refractivity contribution is 7.89. The molecule has 1 aliphatic rings. The Kier molecular flexibility index (Phi) is 6.75. The molecule has 1 aliphatic heterocycles. The van der Waals surface area contributed by atoms with Crippen LogP contribution in [-0.2, 0) is 21.2 Å². The molecule has 1 saturated heterocycles. The summed E-state index contributed by atoms with van der Waals surface area (Å²) in [5, 5.41) is 3.45. The standard InChI is InChI=1S/C21H25ClN2O3S/c1-16-4-2-5-17(14-16)11-12-23-21(25)18-6-3-13-24(15-18)28(26,27)20-9-7-19(22)8-10-20/h2,4-5,7-10,14,18H,3,6,11-13,15H2,1H3,(H,23,25)/t18-/m1/s1. The lowest BCUT2D eigenvalue weighted by molar-refractivity contribution is -0.126. The van der Waals surface area contributed by atoms with Crippen molar-refractivity contribution in [3.8, 4) is 0 Å². The Balaban J connectivity index is 1.57. The average molecular weight is 421 g/mol. The van der Waals surface area contributed by atoms with E-state index >= 15 is 0 Å². The molecule has 2 aromatic rings. The molecule has 0 aromatic heterocycles. The molecule has 150 valence electrons. The van der Waals surface area contributed by atoms with Gasteiger partial charge < -0.3 is 5.32 Å². The Labute approximate surface area is 171 Å². The fourth-order valence-electron chi connectivity index (χ4n) is 3.47. The predicted molar refractivity (Wildman–Crippen MR) is 111 cm³/mol. The first-order valence-corrected chi connectivity index (χ1v) is 11.3. The van der Waals surface area contributed by atoms with E-state index in [9.17, 15) is 13.2 Å². The van der Waals surface area contributed by atoms with Crippen molar-refractivity contribution in [1.29, 1.82) is 0 Å². The zero-order chi connectivity index (χ0) is 20.1. The molecule has 28 heavy (non-hydrogen) atoms. The van der Waals surface area contributed by atoms with Crippen LogP contribution in [0.3, 0.4) is 0 Å². The van der Waals surface area contributed by atoms with Gasteiger partial charge in [-0.15, -0.1) is 0 Å². The lowest BCUT2D eigenvalue weighted by Crippen LogP contribution is -2.45. The minimum absolute atomic E-state index is 0.0799. The smallest absolute Gasteiger partial charge is 0.243 e. The molecule has 7 heteroatoms. The molecule has 0 unspecified atom stereocenters. The monoisotopic (exact) mass is 420 g/mol. The van der Waals surface area contributed by atoms with Gasteiger partial charge in [-0.3, -0.25) is 4.79 Å². The molecular formula is C21H25ClN2O3S. The number of aryl methyl sites for hydroxylation is 1. The molecule has 0 aliphatic carbocycles. The van der Waals surface area contributed by atoms with E-state index in [1.807, 2.05) is 25.1 Å². The molecule has 1 N–H and O–H groups in total. The third-order valence-corrected chi connectivity index (χ3v) is 7.13. The van der Waals surface area contributed by atoms with Gasteiger partial charge in [-0.2, -0.15) is 4.31 Å². The maximum Gasteiger partial charge on any atom is 0.243 e. The minimum atomic E-state index is -3.62. The van der Waals surface area contributed by atoms with Gasteiger partial charge in [0.05, 0.1) is 10.8 Å². The Morgan fingerprint density at radius 3 is 2.68 bits per heavy atom. The van der Waals surface area contributed by atoms with Crippen molar-refractivity contribution in [2.75, 3.05) is 19.6 Å². The number of hydrogen-bond acceptors (Lipinski definition) is 3. The summed E-state index contributed by atoms with van der Waals surface area (Å²) in [6, 6.07) is 14.3. The second-order valence-corrected chi connectivity index (χ2v) is 9.56. The van der Waals surface area contributed by atoms with E-state index in [2.05, 4.69) is 11.4 Å². The Morgan fingerprint density at radius 1 is 1.21 bits per heavy atom. The van der Waals surface area contributed by atoms with E-state index in [1.54, 1.807) is 12.1 Å². The van der Waals surface area contributed by atoms with Crippen LogP contribution in [0.4, 0.5) is 0 Å². The first-order chi connectivity index (χ1) is 13.4. The predicted octanol–water partition coefficient (Wildman–Crippen LogP) is 3.41. The fourth-order valence-corrected chi connectivity index (χ4v) is 5.12. The first-order valence-electron chi connectivity index (χ1n) is 9.45. The van der Waals surface area contributed by atoms with Crippen molar-refractivity contribution >= 4 is 27.5 Å². The van der Waals surface area contributed by atoms with Crippen LogP contribution >= 0.6 is 11.6 Å². The summed E-state index contributed by atoms with van der Waals surface area (Å²) in [6.45, 7) is 3.22. The summed E-state index contributed by atoms with van der Waals surface area (Å²) >= 11 is 5.85. The number of carbonyl (C=O) groups excluding carboxylic acids is 1. The van der Waals surface area contributed by atoms with Crippen molar-refractivity contribution < 1.29 is 13.2 Å². The van der Waals surface area contributed by atoms with Gasteiger partial charge in [-0.05, 0) is 56.0 Å². The fraction of sp³-hybridized carbons (Fsp3) is 0.381. The molecule has 0 saturated carbocycles. The number of rotatable bonds is 6. The van der Waals surface area contributed by atoms with E-state index in [1.165, 1.54) is 27.6 Å². The van der Waals surface area contributed by atoms with Gasteiger partial charge >= 0.3 is 0 Å². The molecule has 3 rings (SSSR count).